The predicted molar refractivity (Wildman–Crippen MR) is 75.2 cm³/mol. The summed E-state index contributed by atoms with van der Waals surface area (Å²) in [6.45, 7) is 0. The van der Waals surface area contributed by atoms with E-state index < -0.39 is 0 Å². The van der Waals surface area contributed by atoms with Crippen LogP contribution in [-0.2, 0) is 4.79 Å². The molecule has 1 fully saturated rings. The number of amides is 1. The van der Waals surface area contributed by atoms with E-state index in [4.69, 9.17) is 4.74 Å². The molecule has 92 valence electrons. The summed E-state index contributed by atoms with van der Waals surface area (Å²) in [5.41, 5.74) is 0.746. The minimum absolute atomic E-state index is 0.0543. The van der Waals surface area contributed by atoms with Gasteiger partial charge in [0.2, 0.25) is 5.91 Å². The largest absolute Gasteiger partial charge is 0.495 e. The van der Waals surface area contributed by atoms with Gasteiger partial charge in [0.15, 0.2) is 0 Å². The number of hydrogen-bond acceptors (Lipinski definition) is 4. The molecule has 1 aliphatic rings. The molecule has 1 atom stereocenters. The van der Waals surface area contributed by atoms with Gasteiger partial charge in [0.1, 0.15) is 5.75 Å². The molecule has 1 heterocycles. The minimum atomic E-state index is 0.0543. The quantitative estimate of drug-likeness (QED) is 0.915. The fourth-order valence-corrected chi connectivity index (χ4v) is 4.16. The van der Waals surface area contributed by atoms with Gasteiger partial charge in [0.25, 0.3) is 0 Å². The third kappa shape index (κ3) is 3.33. The molecule has 5 heteroatoms. The summed E-state index contributed by atoms with van der Waals surface area (Å²) in [6.07, 6.45) is 0. The Labute approximate surface area is 110 Å². The Morgan fingerprint density at radius 1 is 1.41 bits per heavy atom. The van der Waals surface area contributed by atoms with Crippen LogP contribution in [0.5, 0.6) is 5.75 Å². The van der Waals surface area contributed by atoms with Crippen LogP contribution < -0.4 is 10.1 Å². The topological polar surface area (TPSA) is 38.3 Å². The standard InChI is InChI=1S/C12H15NO2S2/c1-15-10-5-3-2-4-9(10)13-12(14)11-8-16-6-7-17-11/h2-5,11H,6-8H2,1H3,(H,13,14). The third-order valence-corrected chi connectivity index (χ3v) is 5.23. The summed E-state index contributed by atoms with van der Waals surface area (Å²) in [6, 6.07) is 7.48. The van der Waals surface area contributed by atoms with Crippen LogP contribution in [0.3, 0.4) is 0 Å². The smallest absolute Gasteiger partial charge is 0.238 e. The van der Waals surface area contributed by atoms with Crippen molar-refractivity contribution in [3.8, 4) is 5.75 Å². The van der Waals surface area contributed by atoms with Crippen molar-refractivity contribution < 1.29 is 9.53 Å². The van der Waals surface area contributed by atoms with Gasteiger partial charge < -0.3 is 10.1 Å². The van der Waals surface area contributed by atoms with Gasteiger partial charge in [-0.1, -0.05) is 12.1 Å². The summed E-state index contributed by atoms with van der Waals surface area (Å²) in [5, 5.41) is 2.99. The molecule has 3 nitrogen and oxygen atoms in total. The number of thioether (sulfide) groups is 2. The fraction of sp³-hybridized carbons (Fsp3) is 0.417. The second-order valence-corrected chi connectivity index (χ2v) is 6.08. The van der Waals surface area contributed by atoms with Crippen LogP contribution in [0.15, 0.2) is 24.3 Å². The van der Waals surface area contributed by atoms with Crippen molar-refractivity contribution in [2.24, 2.45) is 0 Å². The van der Waals surface area contributed by atoms with Crippen molar-refractivity contribution in [3.63, 3.8) is 0 Å². The van der Waals surface area contributed by atoms with Crippen molar-refractivity contribution in [2.45, 2.75) is 5.25 Å². The number of benzene rings is 1. The molecule has 1 aromatic rings. The first-order chi connectivity index (χ1) is 8.31. The minimum Gasteiger partial charge on any atom is -0.495 e. The summed E-state index contributed by atoms with van der Waals surface area (Å²) in [4.78, 5) is 12.0. The van der Waals surface area contributed by atoms with Crippen molar-refractivity contribution in [3.05, 3.63) is 24.3 Å². The van der Waals surface area contributed by atoms with Gasteiger partial charge in [-0.2, -0.15) is 11.8 Å². The zero-order valence-corrected chi connectivity index (χ0v) is 11.3. The monoisotopic (exact) mass is 269 g/mol. The van der Waals surface area contributed by atoms with Gasteiger partial charge in [0, 0.05) is 17.3 Å². The van der Waals surface area contributed by atoms with Crippen LogP contribution >= 0.6 is 23.5 Å². The fourth-order valence-electron chi connectivity index (χ4n) is 1.60. The maximum atomic E-state index is 12.0. The highest BCUT2D eigenvalue weighted by molar-refractivity contribution is 8.07. The van der Waals surface area contributed by atoms with E-state index in [-0.39, 0.29) is 11.2 Å². The number of carbonyl (C=O) groups excluding carboxylic acids is 1. The Morgan fingerprint density at radius 2 is 2.24 bits per heavy atom. The van der Waals surface area contributed by atoms with Crippen molar-refractivity contribution in [1.82, 2.24) is 0 Å². The molecule has 1 aliphatic heterocycles. The molecule has 0 bridgehead atoms. The average Bonchev–Trinajstić information content (AvgIpc) is 2.40. The molecule has 17 heavy (non-hydrogen) atoms. The second kappa shape index (κ2) is 6.21. The molecule has 1 unspecified atom stereocenters. The molecular weight excluding hydrogens is 254 g/mol. The van der Waals surface area contributed by atoms with Gasteiger partial charge in [0.05, 0.1) is 18.0 Å². The molecule has 0 spiro atoms. The summed E-state index contributed by atoms with van der Waals surface area (Å²) in [5.74, 6) is 3.87. The van der Waals surface area contributed by atoms with E-state index in [2.05, 4.69) is 5.32 Å². The molecular formula is C12H15NO2S2. The highest BCUT2D eigenvalue weighted by atomic mass is 32.2. The normalized spacial score (nSPS) is 19.7. The third-order valence-electron chi connectivity index (χ3n) is 2.47. The van der Waals surface area contributed by atoms with Crippen LogP contribution in [0.2, 0.25) is 0 Å². The number of para-hydroxylation sites is 2. The van der Waals surface area contributed by atoms with Gasteiger partial charge >= 0.3 is 0 Å². The Hall–Kier alpha value is -0.810. The van der Waals surface area contributed by atoms with Gasteiger partial charge in [-0.25, -0.2) is 0 Å². The van der Waals surface area contributed by atoms with E-state index in [1.165, 1.54) is 0 Å². The maximum Gasteiger partial charge on any atom is 0.238 e. The molecule has 0 radical (unpaired) electrons. The molecule has 1 N–H and O–H groups in total. The first-order valence-electron chi connectivity index (χ1n) is 5.44. The molecule has 1 aromatic carbocycles. The molecule has 2 rings (SSSR count). The summed E-state index contributed by atoms with van der Waals surface area (Å²) >= 11 is 3.57. The predicted octanol–water partition coefficient (Wildman–Crippen LogP) is 2.48. The lowest BCUT2D eigenvalue weighted by Gasteiger charge is -2.20. The summed E-state index contributed by atoms with van der Waals surface area (Å²) in [7, 11) is 1.61. The van der Waals surface area contributed by atoms with E-state index in [0.717, 1.165) is 22.9 Å². The van der Waals surface area contributed by atoms with Gasteiger partial charge in [-0.05, 0) is 12.1 Å². The highest BCUT2D eigenvalue weighted by Crippen LogP contribution is 2.27. The van der Waals surface area contributed by atoms with Crippen LogP contribution in [0.25, 0.3) is 0 Å². The van der Waals surface area contributed by atoms with Gasteiger partial charge in [-0.3, -0.25) is 4.79 Å². The Bertz CT molecular complexity index is 392. The Kier molecular flexibility index (Phi) is 4.62. The summed E-state index contributed by atoms with van der Waals surface area (Å²) < 4.78 is 5.21. The lowest BCUT2D eigenvalue weighted by Crippen LogP contribution is -2.30. The van der Waals surface area contributed by atoms with E-state index >= 15 is 0 Å². The van der Waals surface area contributed by atoms with Crippen LogP contribution in [0, 0.1) is 0 Å². The molecule has 0 aromatic heterocycles. The number of anilines is 1. The first kappa shape index (κ1) is 12.6. The van der Waals surface area contributed by atoms with Crippen molar-refractivity contribution >= 4 is 35.1 Å². The second-order valence-electron chi connectivity index (χ2n) is 3.62. The van der Waals surface area contributed by atoms with E-state index in [1.54, 1.807) is 18.9 Å². The number of carbonyl (C=O) groups is 1. The average molecular weight is 269 g/mol. The molecule has 0 saturated carbocycles. The van der Waals surface area contributed by atoms with Crippen molar-refractivity contribution in [1.29, 1.82) is 0 Å². The van der Waals surface area contributed by atoms with Crippen LogP contribution in [-0.4, -0.2) is 35.5 Å². The first-order valence-corrected chi connectivity index (χ1v) is 7.65. The maximum absolute atomic E-state index is 12.0. The molecule has 0 aliphatic carbocycles. The highest BCUT2D eigenvalue weighted by Gasteiger charge is 2.22. The zero-order chi connectivity index (χ0) is 12.1. The Balaban J connectivity index is 2.01. The van der Waals surface area contributed by atoms with Gasteiger partial charge in [-0.15, -0.1) is 11.8 Å². The lowest BCUT2D eigenvalue weighted by molar-refractivity contribution is -0.115. The SMILES string of the molecule is COc1ccccc1NC(=O)C1CSCCS1. The Morgan fingerprint density at radius 3 is 2.94 bits per heavy atom. The van der Waals surface area contributed by atoms with Crippen molar-refractivity contribution in [2.75, 3.05) is 29.7 Å². The van der Waals surface area contributed by atoms with Crippen LogP contribution in [0.1, 0.15) is 0 Å². The number of hydrogen-bond donors (Lipinski definition) is 1. The molecule has 1 saturated heterocycles. The molecule has 1 amide bonds. The number of methoxy groups -OCH3 is 1. The van der Waals surface area contributed by atoms with Crippen LogP contribution in [0.4, 0.5) is 5.69 Å². The number of rotatable bonds is 3. The number of nitrogens with one attached hydrogen (secondary N) is 1. The number of ether oxygens (including phenoxy) is 1. The van der Waals surface area contributed by atoms with E-state index in [9.17, 15) is 4.79 Å². The zero-order valence-electron chi connectivity index (χ0n) is 9.64. The van der Waals surface area contributed by atoms with E-state index in [0.29, 0.717) is 5.75 Å². The van der Waals surface area contributed by atoms with E-state index in [1.807, 2.05) is 36.0 Å². The lowest BCUT2D eigenvalue weighted by atomic mass is 10.3.